The van der Waals surface area contributed by atoms with Gasteiger partial charge in [-0.3, -0.25) is 9.59 Å². The lowest BCUT2D eigenvalue weighted by Gasteiger charge is -2.18. The van der Waals surface area contributed by atoms with E-state index in [4.69, 9.17) is 14.2 Å². The number of carbonyl (C=O) groups excluding carboxylic acids is 3. The minimum atomic E-state index is -3.00. The number of fused-ring (bicyclic) bond motifs is 1. The van der Waals surface area contributed by atoms with Crippen molar-refractivity contribution in [2.45, 2.75) is 6.61 Å². The first-order chi connectivity index (χ1) is 14.9. The molecule has 2 aromatic rings. The summed E-state index contributed by atoms with van der Waals surface area (Å²) < 4.78 is 44.2. The number of rotatable bonds is 8. The molecule has 0 spiro atoms. The number of hydrogen-bond acceptors (Lipinski definition) is 7. The van der Waals surface area contributed by atoms with E-state index in [0.29, 0.717) is 17.0 Å². The van der Waals surface area contributed by atoms with Crippen LogP contribution in [0.4, 0.5) is 14.5 Å². The zero-order chi connectivity index (χ0) is 22.4. The summed E-state index contributed by atoms with van der Waals surface area (Å²) in [4.78, 5) is 35.5. The fourth-order valence-corrected chi connectivity index (χ4v) is 2.67. The molecule has 1 aliphatic rings. The predicted octanol–water partition coefficient (Wildman–Crippen LogP) is 3.07. The molecule has 1 N–H and O–H groups in total. The van der Waals surface area contributed by atoms with Crippen molar-refractivity contribution in [1.82, 2.24) is 0 Å². The van der Waals surface area contributed by atoms with Gasteiger partial charge in [-0.15, -0.1) is 0 Å². The van der Waals surface area contributed by atoms with Crippen molar-refractivity contribution in [3.63, 3.8) is 0 Å². The van der Waals surface area contributed by atoms with Gasteiger partial charge in [0, 0.05) is 11.6 Å². The second kappa shape index (κ2) is 9.70. The average molecular weight is 433 g/mol. The van der Waals surface area contributed by atoms with Gasteiger partial charge in [-0.2, -0.15) is 8.78 Å². The number of alkyl halides is 2. The fraction of sp³-hybridized carbons (Fsp3) is 0.190. The number of carbonyl (C=O) groups is 3. The standard InChI is InChI=1S/C21H17F2NO7/c1-28-18-8-12(2-5-17(18)31-21(22)23)3-7-20(27)30-10-15(25)13-4-6-16-14(9-13)24-19(26)11-29-16/h2-9,21H,10-11H2,1H3,(H,24,26)/b7-3+. The van der Waals surface area contributed by atoms with Gasteiger partial charge in [0.05, 0.1) is 12.8 Å². The van der Waals surface area contributed by atoms with Crippen molar-refractivity contribution in [1.29, 1.82) is 0 Å². The van der Waals surface area contributed by atoms with Crippen LogP contribution in [-0.2, 0) is 14.3 Å². The molecule has 10 heteroatoms. The van der Waals surface area contributed by atoms with E-state index in [-0.39, 0.29) is 29.6 Å². The molecule has 0 saturated heterocycles. The third-order valence-electron chi connectivity index (χ3n) is 4.10. The second-order valence-corrected chi connectivity index (χ2v) is 6.20. The first-order valence-electron chi connectivity index (χ1n) is 8.93. The van der Waals surface area contributed by atoms with Crippen LogP contribution in [0.25, 0.3) is 6.08 Å². The summed E-state index contributed by atoms with van der Waals surface area (Å²) in [5, 5.41) is 2.59. The monoisotopic (exact) mass is 433 g/mol. The highest BCUT2D eigenvalue weighted by molar-refractivity contribution is 6.02. The molecule has 0 radical (unpaired) electrons. The van der Waals surface area contributed by atoms with Gasteiger partial charge in [-0.05, 0) is 42.0 Å². The van der Waals surface area contributed by atoms with Crippen LogP contribution < -0.4 is 19.5 Å². The van der Waals surface area contributed by atoms with Gasteiger partial charge in [-0.25, -0.2) is 4.79 Å². The van der Waals surface area contributed by atoms with Gasteiger partial charge in [0.25, 0.3) is 5.91 Å². The van der Waals surface area contributed by atoms with Crippen LogP contribution in [0.1, 0.15) is 15.9 Å². The number of hydrogen-bond donors (Lipinski definition) is 1. The molecule has 0 atom stereocenters. The van der Waals surface area contributed by atoms with E-state index in [1.807, 2.05) is 0 Å². The van der Waals surface area contributed by atoms with Gasteiger partial charge in [0.15, 0.2) is 30.5 Å². The van der Waals surface area contributed by atoms with E-state index in [1.54, 1.807) is 6.07 Å². The van der Waals surface area contributed by atoms with Crippen molar-refractivity contribution < 1.29 is 42.1 Å². The van der Waals surface area contributed by atoms with Crippen LogP contribution in [0.15, 0.2) is 42.5 Å². The molecular formula is C21H17F2NO7. The van der Waals surface area contributed by atoms with Crippen LogP contribution in [0, 0.1) is 0 Å². The van der Waals surface area contributed by atoms with Gasteiger partial charge in [0.1, 0.15) is 5.75 Å². The summed E-state index contributed by atoms with van der Waals surface area (Å²) in [6, 6.07) is 8.59. The van der Waals surface area contributed by atoms with Crippen LogP contribution in [-0.4, -0.2) is 44.6 Å². The van der Waals surface area contributed by atoms with Crippen molar-refractivity contribution >= 4 is 29.4 Å². The number of ketones is 1. The smallest absolute Gasteiger partial charge is 0.387 e. The molecule has 1 aliphatic heterocycles. The highest BCUT2D eigenvalue weighted by Crippen LogP contribution is 2.30. The van der Waals surface area contributed by atoms with Crippen molar-refractivity contribution in [2.75, 3.05) is 25.6 Å². The molecule has 0 aromatic heterocycles. The van der Waals surface area contributed by atoms with Crippen molar-refractivity contribution in [3.8, 4) is 17.2 Å². The molecule has 1 amide bonds. The predicted molar refractivity (Wildman–Crippen MR) is 105 cm³/mol. The molecule has 0 fully saturated rings. The van der Waals surface area contributed by atoms with E-state index in [2.05, 4.69) is 10.1 Å². The Bertz CT molecular complexity index is 1040. The van der Waals surface area contributed by atoms with Crippen LogP contribution in [0.3, 0.4) is 0 Å². The lowest BCUT2D eigenvalue weighted by molar-refractivity contribution is -0.136. The van der Waals surface area contributed by atoms with Gasteiger partial charge >= 0.3 is 12.6 Å². The van der Waals surface area contributed by atoms with E-state index < -0.39 is 25.0 Å². The molecule has 2 aromatic carbocycles. The Morgan fingerprint density at radius 2 is 2.00 bits per heavy atom. The zero-order valence-corrected chi connectivity index (χ0v) is 16.2. The fourth-order valence-electron chi connectivity index (χ4n) is 2.67. The second-order valence-electron chi connectivity index (χ2n) is 6.20. The first kappa shape index (κ1) is 21.8. The Labute approximate surface area is 175 Å². The summed E-state index contributed by atoms with van der Waals surface area (Å²) in [5.41, 5.74) is 1.06. The average Bonchev–Trinajstić information content (AvgIpc) is 2.75. The molecule has 8 nitrogen and oxygen atoms in total. The molecule has 3 rings (SSSR count). The number of nitrogens with one attached hydrogen (secondary N) is 1. The lowest BCUT2D eigenvalue weighted by atomic mass is 10.1. The summed E-state index contributed by atoms with van der Waals surface area (Å²) in [7, 11) is 1.29. The van der Waals surface area contributed by atoms with Crippen LogP contribution in [0.2, 0.25) is 0 Å². The number of benzene rings is 2. The molecular weight excluding hydrogens is 416 g/mol. The highest BCUT2D eigenvalue weighted by atomic mass is 19.3. The minimum Gasteiger partial charge on any atom is -0.493 e. The van der Waals surface area contributed by atoms with Gasteiger partial charge < -0.3 is 24.3 Å². The lowest BCUT2D eigenvalue weighted by Crippen LogP contribution is -2.25. The third kappa shape index (κ3) is 5.78. The number of anilines is 1. The normalized spacial score (nSPS) is 12.7. The quantitative estimate of drug-likeness (QED) is 0.388. The van der Waals surface area contributed by atoms with Crippen molar-refractivity contribution in [2.24, 2.45) is 0 Å². The molecule has 1 heterocycles. The Balaban J connectivity index is 1.57. The topological polar surface area (TPSA) is 100 Å². The van der Waals surface area contributed by atoms with Crippen LogP contribution in [0.5, 0.6) is 17.2 Å². The highest BCUT2D eigenvalue weighted by Gasteiger charge is 2.18. The first-order valence-corrected chi connectivity index (χ1v) is 8.93. The number of esters is 1. The maximum absolute atomic E-state index is 12.4. The number of methoxy groups -OCH3 is 1. The molecule has 0 unspecified atom stereocenters. The Morgan fingerprint density at radius 3 is 2.74 bits per heavy atom. The summed E-state index contributed by atoms with van der Waals surface area (Å²) in [6.45, 7) is -3.61. The molecule has 162 valence electrons. The molecule has 0 bridgehead atoms. The summed E-state index contributed by atoms with van der Waals surface area (Å²) in [5.74, 6) is -1.23. The number of amides is 1. The summed E-state index contributed by atoms with van der Waals surface area (Å²) >= 11 is 0. The van der Waals surface area contributed by atoms with Crippen LogP contribution >= 0.6 is 0 Å². The number of halogens is 2. The molecule has 0 aliphatic carbocycles. The Morgan fingerprint density at radius 1 is 1.19 bits per heavy atom. The van der Waals surface area contributed by atoms with Gasteiger partial charge in [-0.1, -0.05) is 6.07 Å². The van der Waals surface area contributed by atoms with E-state index in [9.17, 15) is 23.2 Å². The van der Waals surface area contributed by atoms with Gasteiger partial charge in [0.2, 0.25) is 0 Å². The minimum absolute atomic E-state index is 0.0643. The number of ether oxygens (including phenoxy) is 4. The SMILES string of the molecule is COc1cc(/C=C/C(=O)OCC(=O)c2ccc3c(c2)NC(=O)CO3)ccc1OC(F)F. The third-order valence-corrected chi connectivity index (χ3v) is 4.10. The summed E-state index contributed by atoms with van der Waals surface area (Å²) in [6.07, 6.45) is 2.45. The molecule has 0 saturated carbocycles. The zero-order valence-electron chi connectivity index (χ0n) is 16.2. The Kier molecular flexibility index (Phi) is 6.81. The molecule has 31 heavy (non-hydrogen) atoms. The van der Waals surface area contributed by atoms with E-state index in [0.717, 1.165) is 6.08 Å². The Hall–Kier alpha value is -3.95. The van der Waals surface area contributed by atoms with Crippen molar-refractivity contribution in [3.05, 3.63) is 53.6 Å². The maximum atomic E-state index is 12.4. The largest absolute Gasteiger partial charge is 0.493 e. The maximum Gasteiger partial charge on any atom is 0.387 e. The van der Waals surface area contributed by atoms with E-state index in [1.165, 1.54) is 43.5 Å². The van der Waals surface area contributed by atoms with E-state index >= 15 is 0 Å². The number of Topliss-reactive ketones (excluding diaryl/α,β-unsaturated/α-hetero) is 1.